The highest BCUT2D eigenvalue weighted by Crippen LogP contribution is 2.31. The third kappa shape index (κ3) is 2.66. The molecular weight excluding hydrogens is 265 g/mol. The second-order valence-corrected chi connectivity index (χ2v) is 4.86. The van der Waals surface area contributed by atoms with Gasteiger partial charge in [-0.1, -0.05) is 11.2 Å². The number of thiophene rings is 1. The molecule has 3 nitrogen and oxygen atoms in total. The van der Waals surface area contributed by atoms with Gasteiger partial charge in [-0.2, -0.15) is 0 Å². The van der Waals surface area contributed by atoms with Crippen molar-refractivity contribution in [2.75, 3.05) is 0 Å². The van der Waals surface area contributed by atoms with Crippen molar-refractivity contribution in [2.45, 2.75) is 6.10 Å². The first kappa shape index (κ1) is 11.9. The molecule has 1 aromatic carbocycles. The maximum absolute atomic E-state index is 12.9. The maximum atomic E-state index is 12.9. The van der Waals surface area contributed by atoms with E-state index in [1.165, 1.54) is 12.1 Å². The van der Waals surface area contributed by atoms with Crippen LogP contribution in [0.3, 0.4) is 0 Å². The van der Waals surface area contributed by atoms with Crippen LogP contribution in [0.1, 0.15) is 16.7 Å². The molecule has 5 heteroatoms. The Kier molecular flexibility index (Phi) is 3.29. The highest BCUT2D eigenvalue weighted by molar-refractivity contribution is 7.10. The molecule has 0 bridgehead atoms. The second kappa shape index (κ2) is 5.24. The van der Waals surface area contributed by atoms with Gasteiger partial charge in [-0.3, -0.25) is 0 Å². The van der Waals surface area contributed by atoms with E-state index in [0.717, 1.165) is 4.88 Å². The molecule has 2 heterocycles. The predicted molar refractivity (Wildman–Crippen MR) is 69.7 cm³/mol. The van der Waals surface area contributed by atoms with E-state index in [2.05, 4.69) is 5.16 Å². The molecule has 0 radical (unpaired) electrons. The summed E-state index contributed by atoms with van der Waals surface area (Å²) in [5.41, 5.74) is 0. The number of aromatic nitrogens is 1. The summed E-state index contributed by atoms with van der Waals surface area (Å²) in [6, 6.07) is 11.6. The number of ether oxygens (including phenoxy) is 1. The minimum absolute atomic E-state index is 0.292. The number of benzene rings is 1. The number of hydrogen-bond acceptors (Lipinski definition) is 4. The lowest BCUT2D eigenvalue weighted by molar-refractivity contribution is 0.202. The second-order valence-electron chi connectivity index (χ2n) is 3.88. The van der Waals surface area contributed by atoms with E-state index in [1.54, 1.807) is 35.7 Å². The van der Waals surface area contributed by atoms with Gasteiger partial charge in [0.2, 0.25) is 0 Å². The predicted octanol–water partition coefficient (Wildman–Crippen LogP) is 4.04. The van der Waals surface area contributed by atoms with Crippen LogP contribution in [0, 0.1) is 5.82 Å². The Morgan fingerprint density at radius 2 is 2.00 bits per heavy atom. The van der Waals surface area contributed by atoms with Crippen LogP contribution in [-0.2, 0) is 0 Å². The van der Waals surface area contributed by atoms with E-state index in [4.69, 9.17) is 9.26 Å². The van der Waals surface area contributed by atoms with Gasteiger partial charge in [0.25, 0.3) is 0 Å². The van der Waals surface area contributed by atoms with Gasteiger partial charge in [0.05, 0.1) is 11.1 Å². The fourth-order valence-corrected chi connectivity index (χ4v) is 2.47. The summed E-state index contributed by atoms with van der Waals surface area (Å²) >= 11 is 1.56. The van der Waals surface area contributed by atoms with Gasteiger partial charge in [-0.15, -0.1) is 11.3 Å². The summed E-state index contributed by atoms with van der Waals surface area (Å²) in [5.74, 6) is 0.905. The lowest BCUT2D eigenvalue weighted by Crippen LogP contribution is -2.06. The normalized spacial score (nSPS) is 12.3. The van der Waals surface area contributed by atoms with E-state index < -0.39 is 0 Å². The average Bonchev–Trinajstić information content (AvgIpc) is 3.11. The monoisotopic (exact) mass is 275 g/mol. The first-order valence-electron chi connectivity index (χ1n) is 5.69. The van der Waals surface area contributed by atoms with E-state index in [1.807, 2.05) is 17.5 Å². The summed E-state index contributed by atoms with van der Waals surface area (Å²) in [6.45, 7) is 0. The molecule has 0 spiro atoms. The molecule has 0 amide bonds. The number of halogens is 1. The Labute approximate surface area is 113 Å². The zero-order valence-corrected chi connectivity index (χ0v) is 10.6. The first-order valence-corrected chi connectivity index (χ1v) is 6.57. The van der Waals surface area contributed by atoms with Gasteiger partial charge in [-0.05, 0) is 35.7 Å². The fourth-order valence-electron chi connectivity index (χ4n) is 1.71. The van der Waals surface area contributed by atoms with Gasteiger partial charge in [0, 0.05) is 6.07 Å². The molecule has 96 valence electrons. The first-order chi connectivity index (χ1) is 9.33. The molecule has 1 unspecified atom stereocenters. The van der Waals surface area contributed by atoms with Gasteiger partial charge in [0.15, 0.2) is 11.9 Å². The van der Waals surface area contributed by atoms with Gasteiger partial charge in [0.1, 0.15) is 11.6 Å². The summed E-state index contributed by atoms with van der Waals surface area (Å²) in [4.78, 5) is 1.00. The van der Waals surface area contributed by atoms with Crippen molar-refractivity contribution in [2.24, 2.45) is 0 Å². The van der Waals surface area contributed by atoms with Crippen LogP contribution in [0.25, 0.3) is 0 Å². The van der Waals surface area contributed by atoms with Crippen molar-refractivity contribution in [3.05, 3.63) is 70.5 Å². The molecule has 0 fully saturated rings. The number of hydrogen-bond donors (Lipinski definition) is 0. The SMILES string of the molecule is Fc1ccc(OC(c2ccno2)c2cccs2)cc1. The largest absolute Gasteiger partial charge is 0.477 e. The molecule has 2 aromatic heterocycles. The minimum atomic E-state index is -0.368. The van der Waals surface area contributed by atoms with E-state index >= 15 is 0 Å². The molecule has 1 atom stereocenters. The summed E-state index contributed by atoms with van der Waals surface area (Å²) in [6.07, 6.45) is 1.21. The Morgan fingerprint density at radius 3 is 2.63 bits per heavy atom. The molecule has 0 saturated carbocycles. The van der Waals surface area contributed by atoms with Gasteiger partial charge < -0.3 is 9.26 Å². The summed E-state index contributed by atoms with van der Waals surface area (Å²) in [5, 5.41) is 5.66. The van der Waals surface area contributed by atoms with Crippen LogP contribution in [0.4, 0.5) is 4.39 Å². The van der Waals surface area contributed by atoms with Crippen molar-refractivity contribution in [3.63, 3.8) is 0 Å². The van der Waals surface area contributed by atoms with Crippen molar-refractivity contribution < 1.29 is 13.7 Å². The zero-order chi connectivity index (χ0) is 13.1. The van der Waals surface area contributed by atoms with Crippen molar-refractivity contribution in [1.82, 2.24) is 5.16 Å². The molecule has 0 aliphatic carbocycles. The maximum Gasteiger partial charge on any atom is 0.193 e. The van der Waals surface area contributed by atoms with Crippen LogP contribution in [0.5, 0.6) is 5.75 Å². The highest BCUT2D eigenvalue weighted by Gasteiger charge is 2.20. The molecule has 19 heavy (non-hydrogen) atoms. The topological polar surface area (TPSA) is 35.3 Å². The Bertz CT molecular complexity index is 586. The Morgan fingerprint density at radius 1 is 1.16 bits per heavy atom. The molecule has 0 aliphatic rings. The molecular formula is C14H10FNO2S. The Hall–Kier alpha value is -2.14. The number of rotatable bonds is 4. The van der Waals surface area contributed by atoms with Crippen LogP contribution < -0.4 is 4.74 Å². The molecule has 0 saturated heterocycles. The van der Waals surface area contributed by atoms with Crippen LogP contribution in [0.15, 0.2) is 58.6 Å². The van der Waals surface area contributed by atoms with E-state index in [9.17, 15) is 4.39 Å². The van der Waals surface area contributed by atoms with E-state index in [0.29, 0.717) is 11.5 Å². The quantitative estimate of drug-likeness (QED) is 0.720. The summed E-state index contributed by atoms with van der Waals surface area (Å²) in [7, 11) is 0. The van der Waals surface area contributed by atoms with Crippen LogP contribution in [-0.4, -0.2) is 5.16 Å². The lowest BCUT2D eigenvalue weighted by atomic mass is 10.2. The average molecular weight is 275 g/mol. The lowest BCUT2D eigenvalue weighted by Gasteiger charge is -2.15. The standard InChI is InChI=1S/C14H10FNO2S/c15-10-3-5-11(6-4-10)17-14(12-7-8-16-18-12)13-2-1-9-19-13/h1-9,14H. The molecule has 0 aliphatic heterocycles. The van der Waals surface area contributed by atoms with Crippen LogP contribution >= 0.6 is 11.3 Å². The zero-order valence-electron chi connectivity index (χ0n) is 9.82. The van der Waals surface area contributed by atoms with Crippen molar-refractivity contribution >= 4 is 11.3 Å². The molecule has 3 rings (SSSR count). The van der Waals surface area contributed by atoms with Gasteiger partial charge in [-0.25, -0.2) is 4.39 Å². The molecule has 3 aromatic rings. The highest BCUT2D eigenvalue weighted by atomic mass is 32.1. The van der Waals surface area contributed by atoms with E-state index in [-0.39, 0.29) is 11.9 Å². The van der Waals surface area contributed by atoms with Crippen molar-refractivity contribution in [3.8, 4) is 5.75 Å². The molecule has 0 N–H and O–H groups in total. The smallest absolute Gasteiger partial charge is 0.193 e. The van der Waals surface area contributed by atoms with Crippen molar-refractivity contribution in [1.29, 1.82) is 0 Å². The minimum Gasteiger partial charge on any atom is -0.477 e. The third-order valence-electron chi connectivity index (χ3n) is 2.59. The Balaban J connectivity index is 1.90. The van der Waals surface area contributed by atoms with Crippen LogP contribution in [0.2, 0.25) is 0 Å². The fraction of sp³-hybridized carbons (Fsp3) is 0.0714. The van der Waals surface area contributed by atoms with Gasteiger partial charge >= 0.3 is 0 Å². The summed E-state index contributed by atoms with van der Waals surface area (Å²) < 4.78 is 23.9. The third-order valence-corrected chi connectivity index (χ3v) is 3.50. The number of nitrogens with zero attached hydrogens (tertiary/aromatic N) is 1.